The molecule has 1 aromatic heterocycles. The van der Waals surface area contributed by atoms with E-state index in [1.807, 2.05) is 6.33 Å². The van der Waals surface area contributed by atoms with Gasteiger partial charge in [-0.1, -0.05) is 13.8 Å². The third-order valence-corrected chi connectivity index (χ3v) is 3.53. The average molecular weight is 250 g/mol. The smallest absolute Gasteiger partial charge is 0.0955 e. The van der Waals surface area contributed by atoms with Gasteiger partial charge in [0.1, 0.15) is 0 Å². The van der Waals surface area contributed by atoms with Crippen LogP contribution in [0.2, 0.25) is 0 Å². The van der Waals surface area contributed by atoms with E-state index >= 15 is 0 Å². The molecule has 1 aromatic rings. The predicted molar refractivity (Wildman–Crippen MR) is 74.7 cm³/mol. The van der Waals surface area contributed by atoms with Crippen LogP contribution in [0.25, 0.3) is 0 Å². The monoisotopic (exact) mass is 250 g/mol. The van der Waals surface area contributed by atoms with Crippen molar-refractivity contribution >= 4 is 0 Å². The number of rotatable bonds is 5. The van der Waals surface area contributed by atoms with Crippen LogP contribution in [-0.2, 0) is 13.0 Å². The Hall–Kier alpha value is -0.870. The Bertz CT molecular complexity index is 371. The summed E-state index contributed by atoms with van der Waals surface area (Å²) < 4.78 is 2.43. The van der Waals surface area contributed by atoms with Crippen LogP contribution >= 0.6 is 0 Å². The molecule has 0 bridgehead atoms. The van der Waals surface area contributed by atoms with Crippen LogP contribution in [0.4, 0.5) is 0 Å². The Kier molecular flexibility index (Phi) is 4.40. The topological polar surface area (TPSA) is 33.1 Å². The quantitative estimate of drug-likeness (QED) is 0.863. The minimum atomic E-state index is 0.550. The highest BCUT2D eigenvalue weighted by Crippen LogP contribution is 2.23. The standard InChI is InChI=1S/C14H26N4/c1-11(2)7-12(9-17(3)4)18-10-16-13-8-15-6-5-14(13)18/h10-12,15H,5-9H2,1-4H3. The molecule has 0 saturated carbocycles. The van der Waals surface area contributed by atoms with Crippen molar-refractivity contribution < 1.29 is 0 Å². The van der Waals surface area contributed by atoms with Gasteiger partial charge in [0.05, 0.1) is 12.0 Å². The number of nitrogens with zero attached hydrogens (tertiary/aromatic N) is 3. The lowest BCUT2D eigenvalue weighted by Gasteiger charge is -2.27. The molecule has 0 aliphatic carbocycles. The van der Waals surface area contributed by atoms with Crippen molar-refractivity contribution in [3.05, 3.63) is 17.7 Å². The Morgan fingerprint density at radius 1 is 1.44 bits per heavy atom. The lowest BCUT2D eigenvalue weighted by Crippen LogP contribution is -2.29. The number of hydrogen-bond acceptors (Lipinski definition) is 3. The van der Waals surface area contributed by atoms with E-state index in [1.165, 1.54) is 17.8 Å². The van der Waals surface area contributed by atoms with Gasteiger partial charge < -0.3 is 14.8 Å². The second-order valence-corrected chi connectivity index (χ2v) is 6.02. The Morgan fingerprint density at radius 3 is 2.89 bits per heavy atom. The number of imidazole rings is 1. The predicted octanol–water partition coefficient (Wildman–Crippen LogP) is 1.68. The van der Waals surface area contributed by atoms with Crippen LogP contribution in [0.3, 0.4) is 0 Å². The van der Waals surface area contributed by atoms with Gasteiger partial charge in [-0.2, -0.15) is 0 Å². The summed E-state index contributed by atoms with van der Waals surface area (Å²) in [5.74, 6) is 0.717. The minimum Gasteiger partial charge on any atom is -0.330 e. The van der Waals surface area contributed by atoms with E-state index in [9.17, 15) is 0 Å². The molecule has 2 rings (SSSR count). The maximum absolute atomic E-state index is 4.57. The molecular formula is C14H26N4. The summed E-state index contributed by atoms with van der Waals surface area (Å²) in [4.78, 5) is 6.85. The van der Waals surface area contributed by atoms with Gasteiger partial charge in [0, 0.05) is 37.8 Å². The number of fused-ring (bicyclic) bond motifs is 1. The van der Waals surface area contributed by atoms with Gasteiger partial charge in [-0.25, -0.2) is 4.98 Å². The lowest BCUT2D eigenvalue weighted by atomic mass is 10.0. The lowest BCUT2D eigenvalue weighted by molar-refractivity contribution is 0.283. The molecule has 1 aliphatic heterocycles. The summed E-state index contributed by atoms with van der Waals surface area (Å²) >= 11 is 0. The van der Waals surface area contributed by atoms with Gasteiger partial charge in [0.2, 0.25) is 0 Å². The zero-order chi connectivity index (χ0) is 13.1. The molecule has 1 atom stereocenters. The first-order chi connectivity index (χ1) is 8.58. The van der Waals surface area contributed by atoms with Gasteiger partial charge in [-0.3, -0.25) is 0 Å². The van der Waals surface area contributed by atoms with Crippen LogP contribution in [0.15, 0.2) is 6.33 Å². The van der Waals surface area contributed by atoms with Crippen molar-refractivity contribution in [2.24, 2.45) is 5.92 Å². The van der Waals surface area contributed by atoms with E-state index < -0.39 is 0 Å². The van der Waals surface area contributed by atoms with Gasteiger partial charge in [0.15, 0.2) is 0 Å². The molecule has 0 radical (unpaired) electrons. The summed E-state index contributed by atoms with van der Waals surface area (Å²) in [7, 11) is 4.30. The number of aromatic nitrogens is 2. The van der Waals surface area contributed by atoms with E-state index in [0.29, 0.717) is 6.04 Å². The molecule has 0 amide bonds. The van der Waals surface area contributed by atoms with Crippen molar-refractivity contribution in [2.45, 2.75) is 39.3 Å². The summed E-state index contributed by atoms with van der Waals surface area (Å²) in [6.45, 7) is 7.70. The highest BCUT2D eigenvalue weighted by Gasteiger charge is 2.21. The molecule has 18 heavy (non-hydrogen) atoms. The van der Waals surface area contributed by atoms with Crippen LogP contribution < -0.4 is 5.32 Å². The van der Waals surface area contributed by atoms with E-state index in [4.69, 9.17) is 0 Å². The van der Waals surface area contributed by atoms with Crippen molar-refractivity contribution in [3.63, 3.8) is 0 Å². The van der Waals surface area contributed by atoms with Crippen molar-refractivity contribution in [1.29, 1.82) is 0 Å². The molecule has 0 spiro atoms. The molecule has 1 aliphatic rings. The van der Waals surface area contributed by atoms with E-state index in [-0.39, 0.29) is 0 Å². The van der Waals surface area contributed by atoms with Crippen molar-refractivity contribution in [3.8, 4) is 0 Å². The second kappa shape index (κ2) is 5.85. The highest BCUT2D eigenvalue weighted by molar-refractivity contribution is 5.17. The molecular weight excluding hydrogens is 224 g/mol. The molecule has 0 saturated heterocycles. The molecule has 4 heteroatoms. The van der Waals surface area contributed by atoms with Crippen molar-refractivity contribution in [1.82, 2.24) is 19.8 Å². The molecule has 0 fully saturated rings. The summed E-state index contributed by atoms with van der Waals surface area (Å²) in [5, 5.41) is 3.39. The number of nitrogens with one attached hydrogen (secondary N) is 1. The van der Waals surface area contributed by atoms with Gasteiger partial charge in [0.25, 0.3) is 0 Å². The summed E-state index contributed by atoms with van der Waals surface area (Å²) in [5.41, 5.74) is 2.69. The summed E-state index contributed by atoms with van der Waals surface area (Å²) in [6, 6.07) is 0.550. The fourth-order valence-corrected chi connectivity index (χ4v) is 2.82. The van der Waals surface area contributed by atoms with Gasteiger partial charge in [-0.15, -0.1) is 0 Å². The number of hydrogen-bond donors (Lipinski definition) is 1. The molecule has 1 unspecified atom stereocenters. The van der Waals surface area contributed by atoms with Gasteiger partial charge >= 0.3 is 0 Å². The maximum atomic E-state index is 4.57. The van der Waals surface area contributed by atoms with Gasteiger partial charge in [-0.05, 0) is 26.4 Å². The third kappa shape index (κ3) is 3.12. The zero-order valence-electron chi connectivity index (χ0n) is 12.1. The van der Waals surface area contributed by atoms with Crippen LogP contribution in [0, 0.1) is 5.92 Å². The van der Waals surface area contributed by atoms with Crippen LogP contribution in [0.5, 0.6) is 0 Å². The number of likely N-dealkylation sites (N-methyl/N-ethyl adjacent to an activating group) is 1. The SMILES string of the molecule is CC(C)CC(CN(C)C)n1cnc2c1CCNC2. The van der Waals surface area contributed by atoms with E-state index in [0.717, 1.165) is 32.0 Å². The first kappa shape index (κ1) is 13.6. The molecule has 2 heterocycles. The Labute approximate surface area is 110 Å². The third-order valence-electron chi connectivity index (χ3n) is 3.53. The zero-order valence-corrected chi connectivity index (χ0v) is 12.1. The Morgan fingerprint density at radius 2 is 2.22 bits per heavy atom. The Balaban J connectivity index is 2.21. The van der Waals surface area contributed by atoms with E-state index in [2.05, 4.69) is 47.7 Å². The fraction of sp³-hybridized carbons (Fsp3) is 0.786. The first-order valence-corrected chi connectivity index (χ1v) is 6.98. The molecule has 1 N–H and O–H groups in total. The first-order valence-electron chi connectivity index (χ1n) is 6.98. The van der Waals surface area contributed by atoms with Crippen LogP contribution in [-0.4, -0.2) is 41.6 Å². The van der Waals surface area contributed by atoms with Crippen LogP contribution in [0.1, 0.15) is 37.7 Å². The normalized spacial score (nSPS) is 17.2. The van der Waals surface area contributed by atoms with E-state index in [1.54, 1.807) is 0 Å². The average Bonchev–Trinajstić information content (AvgIpc) is 2.70. The summed E-state index contributed by atoms with van der Waals surface area (Å²) in [6.07, 6.45) is 4.37. The largest absolute Gasteiger partial charge is 0.330 e. The highest BCUT2D eigenvalue weighted by atomic mass is 15.2. The molecule has 0 aromatic carbocycles. The second-order valence-electron chi connectivity index (χ2n) is 6.02. The molecule has 102 valence electrons. The fourth-order valence-electron chi connectivity index (χ4n) is 2.82. The van der Waals surface area contributed by atoms with Crippen molar-refractivity contribution in [2.75, 3.05) is 27.2 Å². The minimum absolute atomic E-state index is 0.550. The molecule has 4 nitrogen and oxygen atoms in total. The maximum Gasteiger partial charge on any atom is 0.0955 e.